The highest BCUT2D eigenvalue weighted by molar-refractivity contribution is 8.01. The summed E-state index contributed by atoms with van der Waals surface area (Å²) in [6, 6.07) is -0.745. The van der Waals surface area contributed by atoms with Gasteiger partial charge in [0.05, 0.1) is 37.5 Å². The first-order valence-corrected chi connectivity index (χ1v) is 16.0. The van der Waals surface area contributed by atoms with Crippen LogP contribution in [0, 0.1) is 0 Å². The molecule has 0 aromatic rings. The Hall–Kier alpha value is -1.44. The molecular weight excluding hydrogens is 588 g/mol. The van der Waals surface area contributed by atoms with E-state index in [1.165, 1.54) is 6.92 Å². The number of thioether (sulfide) groups is 1. The van der Waals surface area contributed by atoms with Crippen molar-refractivity contribution in [3.8, 4) is 0 Å². The predicted octanol–water partition coefficient (Wildman–Crippen LogP) is -4.06. The molecule has 4 fully saturated rings. The van der Waals surface area contributed by atoms with Crippen LogP contribution in [0.3, 0.4) is 0 Å². The molecule has 15 nitrogen and oxygen atoms in total. The molecule has 2 unspecified atom stereocenters. The number of hydrogen-bond donors (Lipinski definition) is 6. The van der Waals surface area contributed by atoms with Gasteiger partial charge in [0.1, 0.15) is 60.9 Å². The minimum absolute atomic E-state index is 0.0370. The fourth-order valence-corrected chi connectivity index (χ4v) is 6.66. The maximum atomic E-state index is 12.9. The predicted molar refractivity (Wildman–Crippen MR) is 153 cm³/mol. The molecule has 0 aliphatic carbocycles. The lowest BCUT2D eigenvalue weighted by atomic mass is 9.96. The van der Waals surface area contributed by atoms with Crippen molar-refractivity contribution in [1.29, 1.82) is 0 Å². The molecule has 4 aliphatic heterocycles. The topological polar surface area (TPSA) is 200 Å². The average Bonchev–Trinajstić information content (AvgIpc) is 3.01. The summed E-state index contributed by atoms with van der Waals surface area (Å²) in [6.45, 7) is 6.99. The molecule has 4 heterocycles. The third-order valence-corrected chi connectivity index (χ3v) is 9.69. The van der Waals surface area contributed by atoms with E-state index in [2.05, 4.69) is 20.4 Å². The molecule has 9 atom stereocenters. The number of piperazine rings is 2. The van der Waals surface area contributed by atoms with Gasteiger partial charge in [0.15, 0.2) is 0 Å². The SMILES string of the molecule is CC(=O)CSC(CC(=O)OCC1OC[C@@H](N2CCNCC2)[C@@H](O)[C@H]1O)C(=O)OC[C@H]1OC[C@@H](N2CCNCC2)[C@@H](O)[C@H]1O. The van der Waals surface area contributed by atoms with Crippen LogP contribution in [0.2, 0.25) is 0 Å². The van der Waals surface area contributed by atoms with Gasteiger partial charge in [0, 0.05) is 52.4 Å². The maximum Gasteiger partial charge on any atom is 0.319 e. The molecule has 4 aliphatic rings. The van der Waals surface area contributed by atoms with E-state index >= 15 is 0 Å². The molecule has 4 rings (SSSR count). The van der Waals surface area contributed by atoms with Gasteiger partial charge in [0.25, 0.3) is 0 Å². The van der Waals surface area contributed by atoms with Crippen molar-refractivity contribution in [3.63, 3.8) is 0 Å². The van der Waals surface area contributed by atoms with E-state index in [1.54, 1.807) is 0 Å². The molecule has 6 N–H and O–H groups in total. The Morgan fingerprint density at radius 1 is 0.791 bits per heavy atom. The smallest absolute Gasteiger partial charge is 0.319 e. The van der Waals surface area contributed by atoms with Crippen LogP contribution in [0.1, 0.15) is 13.3 Å². The van der Waals surface area contributed by atoms with Crippen molar-refractivity contribution in [2.75, 3.05) is 84.5 Å². The molecule has 0 aromatic carbocycles. The van der Waals surface area contributed by atoms with Gasteiger partial charge in [-0.3, -0.25) is 24.2 Å². The van der Waals surface area contributed by atoms with Crippen LogP contribution in [-0.4, -0.2) is 186 Å². The molecule has 246 valence electrons. The van der Waals surface area contributed by atoms with Crippen LogP contribution in [0.15, 0.2) is 0 Å². The lowest BCUT2D eigenvalue weighted by Gasteiger charge is -2.44. The summed E-state index contributed by atoms with van der Waals surface area (Å²) in [5.74, 6) is -1.79. The van der Waals surface area contributed by atoms with E-state index in [-0.39, 0.29) is 50.0 Å². The van der Waals surface area contributed by atoms with Gasteiger partial charge in [-0.25, -0.2) is 0 Å². The van der Waals surface area contributed by atoms with Gasteiger partial charge < -0.3 is 50.0 Å². The van der Waals surface area contributed by atoms with Crippen LogP contribution in [-0.2, 0) is 33.3 Å². The Kier molecular flexibility index (Phi) is 13.4. The summed E-state index contributed by atoms with van der Waals surface area (Å²) in [7, 11) is 0. The van der Waals surface area contributed by atoms with Gasteiger partial charge in [0.2, 0.25) is 0 Å². The number of rotatable bonds is 12. The minimum atomic E-state index is -1.28. The highest BCUT2D eigenvalue weighted by Crippen LogP contribution is 2.24. The highest BCUT2D eigenvalue weighted by atomic mass is 32.2. The molecule has 0 spiro atoms. The Bertz CT molecular complexity index is 923. The lowest BCUT2D eigenvalue weighted by Crippen LogP contribution is -2.62. The number of aliphatic hydroxyl groups excluding tert-OH is 4. The van der Waals surface area contributed by atoms with Gasteiger partial charge >= 0.3 is 11.9 Å². The van der Waals surface area contributed by atoms with Gasteiger partial charge in [-0.1, -0.05) is 0 Å². The molecule has 0 bridgehead atoms. The van der Waals surface area contributed by atoms with Gasteiger partial charge in [-0.05, 0) is 6.92 Å². The molecule has 0 amide bonds. The van der Waals surface area contributed by atoms with Crippen LogP contribution in [0.4, 0.5) is 0 Å². The second-order valence-corrected chi connectivity index (χ2v) is 12.6. The number of ether oxygens (including phenoxy) is 4. The van der Waals surface area contributed by atoms with E-state index in [0.717, 1.165) is 51.0 Å². The van der Waals surface area contributed by atoms with Crippen LogP contribution < -0.4 is 10.6 Å². The average molecular weight is 635 g/mol. The normalized spacial score (nSPS) is 35.2. The van der Waals surface area contributed by atoms with Crippen LogP contribution in [0.25, 0.3) is 0 Å². The highest BCUT2D eigenvalue weighted by Gasteiger charge is 2.43. The monoisotopic (exact) mass is 634 g/mol. The van der Waals surface area contributed by atoms with Crippen molar-refractivity contribution in [2.24, 2.45) is 0 Å². The summed E-state index contributed by atoms with van der Waals surface area (Å²) >= 11 is 0.930. The number of hydrogen-bond acceptors (Lipinski definition) is 16. The maximum absolute atomic E-state index is 12.9. The van der Waals surface area contributed by atoms with Crippen LogP contribution in [0.5, 0.6) is 0 Å². The first-order chi connectivity index (χ1) is 20.7. The summed E-state index contributed by atoms with van der Waals surface area (Å²) in [5, 5.41) is 48.0. The Balaban J connectivity index is 1.24. The molecule has 0 aromatic heterocycles. The van der Waals surface area contributed by atoms with E-state index in [4.69, 9.17) is 18.9 Å². The van der Waals surface area contributed by atoms with E-state index in [9.17, 15) is 34.8 Å². The fraction of sp³-hybridized carbons (Fsp3) is 0.889. The summed E-state index contributed by atoms with van der Waals surface area (Å²) in [4.78, 5) is 41.3. The Labute approximate surface area is 255 Å². The number of nitrogens with one attached hydrogen (secondary N) is 2. The zero-order chi connectivity index (χ0) is 30.9. The number of Topliss-reactive ketones (excluding diaryl/α,β-unsaturated/α-hetero) is 1. The van der Waals surface area contributed by atoms with E-state index in [1.807, 2.05) is 0 Å². The van der Waals surface area contributed by atoms with Crippen molar-refractivity contribution in [3.05, 3.63) is 0 Å². The molecule has 16 heteroatoms. The van der Waals surface area contributed by atoms with Gasteiger partial charge in [-0.15, -0.1) is 11.8 Å². The number of carbonyl (C=O) groups excluding carboxylic acids is 3. The van der Waals surface area contributed by atoms with Crippen molar-refractivity contribution >= 4 is 29.5 Å². The van der Waals surface area contributed by atoms with E-state index in [0.29, 0.717) is 13.1 Å². The number of aliphatic hydroxyl groups is 4. The molecule has 0 saturated carbocycles. The standard InChI is InChI=1S/C27H46N4O11S/c1-16(32)15-43-21(27(38)42-14-20-26(37)24(35)18(12-40-20)31-8-4-29-5-9-31)10-22(33)41-13-19-25(36)23(34)17(11-39-19)30-6-2-28-3-7-30/h17-21,23-26,28-29,34-37H,2-15H2,1H3/t17-,18-,19?,20-,21?,23-,24-,25+,26+/m1/s1. The van der Waals surface area contributed by atoms with Crippen molar-refractivity contribution in [2.45, 2.75) is 67.3 Å². The third-order valence-electron chi connectivity index (χ3n) is 8.35. The van der Waals surface area contributed by atoms with Crippen molar-refractivity contribution < 1.29 is 53.8 Å². The number of ketones is 1. The Morgan fingerprint density at radius 2 is 1.26 bits per heavy atom. The van der Waals surface area contributed by atoms with Crippen molar-refractivity contribution in [1.82, 2.24) is 20.4 Å². The van der Waals surface area contributed by atoms with Crippen LogP contribution >= 0.6 is 11.8 Å². The lowest BCUT2D eigenvalue weighted by molar-refractivity contribution is -0.192. The number of carbonyl (C=O) groups is 3. The fourth-order valence-electron chi connectivity index (χ4n) is 5.77. The summed E-state index contributed by atoms with van der Waals surface area (Å²) < 4.78 is 22.1. The molecule has 4 saturated heterocycles. The molecular formula is C27H46N4O11S. The number of esters is 2. The summed E-state index contributed by atoms with van der Waals surface area (Å²) in [5.41, 5.74) is 0. The van der Waals surface area contributed by atoms with E-state index < -0.39 is 60.2 Å². The first kappa shape index (κ1) is 34.4. The largest absolute Gasteiger partial charge is 0.463 e. The van der Waals surface area contributed by atoms with Gasteiger partial charge in [-0.2, -0.15) is 0 Å². The number of nitrogens with zero attached hydrogens (tertiary/aromatic N) is 2. The second-order valence-electron chi connectivity index (χ2n) is 11.4. The molecule has 43 heavy (non-hydrogen) atoms. The molecule has 0 radical (unpaired) electrons. The zero-order valence-corrected chi connectivity index (χ0v) is 25.4. The second kappa shape index (κ2) is 16.7. The minimum Gasteiger partial charge on any atom is -0.463 e. The third kappa shape index (κ3) is 9.53. The quantitative estimate of drug-likeness (QED) is 0.113. The zero-order valence-electron chi connectivity index (χ0n) is 24.5. The Morgan fingerprint density at radius 3 is 1.72 bits per heavy atom. The first-order valence-electron chi connectivity index (χ1n) is 14.9. The summed E-state index contributed by atoms with van der Waals surface area (Å²) in [6.07, 6.45) is -7.01.